The van der Waals surface area contributed by atoms with Crippen molar-refractivity contribution in [2.75, 3.05) is 5.32 Å². The number of anilines is 1. The first-order chi connectivity index (χ1) is 11.4. The van der Waals surface area contributed by atoms with E-state index < -0.39 is 5.92 Å². The second-order valence-corrected chi connectivity index (χ2v) is 6.61. The summed E-state index contributed by atoms with van der Waals surface area (Å²) in [6.07, 6.45) is 3.28. The van der Waals surface area contributed by atoms with Crippen LogP contribution in [0.5, 0.6) is 0 Å². The van der Waals surface area contributed by atoms with E-state index in [1.165, 1.54) is 0 Å². The summed E-state index contributed by atoms with van der Waals surface area (Å²) in [7, 11) is 0. The molecule has 0 radical (unpaired) electrons. The Kier molecular flexibility index (Phi) is 4.85. The summed E-state index contributed by atoms with van der Waals surface area (Å²) in [5.74, 6) is -3.19. The molecule has 3 rings (SSSR count). The molecular formula is C17H18ClF2N3O. The number of aromatic nitrogens is 2. The number of carbonyl (C=O) groups excluding carboxylic acids is 1. The predicted molar refractivity (Wildman–Crippen MR) is 88.3 cm³/mol. The summed E-state index contributed by atoms with van der Waals surface area (Å²) >= 11 is 5.85. The Morgan fingerprint density at radius 1 is 1.29 bits per heavy atom. The van der Waals surface area contributed by atoms with Gasteiger partial charge >= 0.3 is 0 Å². The molecule has 1 amide bonds. The van der Waals surface area contributed by atoms with Gasteiger partial charge in [0.1, 0.15) is 0 Å². The van der Waals surface area contributed by atoms with E-state index >= 15 is 0 Å². The molecule has 0 unspecified atom stereocenters. The lowest BCUT2D eigenvalue weighted by Gasteiger charge is -2.27. The molecule has 1 N–H and O–H groups in total. The van der Waals surface area contributed by atoms with Crippen molar-refractivity contribution in [1.29, 1.82) is 0 Å². The monoisotopic (exact) mass is 353 g/mol. The van der Waals surface area contributed by atoms with Crippen LogP contribution in [0, 0.1) is 5.92 Å². The fraction of sp³-hybridized carbons (Fsp3) is 0.412. The first-order valence-corrected chi connectivity index (χ1v) is 8.25. The number of amides is 1. The molecular weight excluding hydrogens is 336 g/mol. The van der Waals surface area contributed by atoms with Gasteiger partial charge in [0.05, 0.1) is 18.4 Å². The Balaban J connectivity index is 1.56. The molecule has 2 aromatic rings. The van der Waals surface area contributed by atoms with Gasteiger partial charge in [0.2, 0.25) is 11.8 Å². The Morgan fingerprint density at radius 3 is 2.62 bits per heavy atom. The van der Waals surface area contributed by atoms with E-state index in [0.717, 1.165) is 5.56 Å². The molecule has 128 valence electrons. The zero-order valence-corrected chi connectivity index (χ0v) is 13.8. The van der Waals surface area contributed by atoms with E-state index in [2.05, 4.69) is 10.4 Å². The van der Waals surface area contributed by atoms with Crippen molar-refractivity contribution in [3.63, 3.8) is 0 Å². The van der Waals surface area contributed by atoms with Crippen LogP contribution in [0.25, 0.3) is 0 Å². The number of carbonyl (C=O) groups is 1. The molecule has 4 nitrogen and oxygen atoms in total. The Bertz CT molecular complexity index is 705. The number of nitrogens with zero attached hydrogens (tertiary/aromatic N) is 2. The van der Waals surface area contributed by atoms with Crippen molar-refractivity contribution in [2.45, 2.75) is 38.2 Å². The lowest BCUT2D eigenvalue weighted by Crippen LogP contribution is -2.31. The molecule has 0 saturated heterocycles. The molecule has 0 bridgehead atoms. The maximum atomic E-state index is 13.2. The van der Waals surface area contributed by atoms with Gasteiger partial charge in [-0.3, -0.25) is 9.48 Å². The average Bonchev–Trinajstić information content (AvgIpc) is 2.96. The fourth-order valence-corrected chi connectivity index (χ4v) is 2.96. The lowest BCUT2D eigenvalue weighted by atomic mass is 9.86. The highest BCUT2D eigenvalue weighted by molar-refractivity contribution is 6.30. The van der Waals surface area contributed by atoms with E-state index in [0.29, 0.717) is 17.3 Å². The van der Waals surface area contributed by atoms with Crippen molar-refractivity contribution in [3.8, 4) is 0 Å². The van der Waals surface area contributed by atoms with Crippen LogP contribution in [-0.4, -0.2) is 21.6 Å². The van der Waals surface area contributed by atoms with Crippen LogP contribution in [0.2, 0.25) is 5.02 Å². The van der Waals surface area contributed by atoms with Gasteiger partial charge in [0.15, 0.2) is 0 Å². The van der Waals surface area contributed by atoms with Crippen LogP contribution in [0.15, 0.2) is 36.7 Å². The fourth-order valence-electron chi connectivity index (χ4n) is 2.84. The van der Waals surface area contributed by atoms with Gasteiger partial charge in [-0.2, -0.15) is 5.10 Å². The van der Waals surface area contributed by atoms with Crippen molar-refractivity contribution in [3.05, 3.63) is 47.2 Å². The second-order valence-electron chi connectivity index (χ2n) is 6.17. The molecule has 1 heterocycles. The SMILES string of the molecule is O=C(Nc1cnn(Cc2ccc(Cl)cc2)c1)C1CCC(F)(F)CC1. The zero-order chi connectivity index (χ0) is 17.2. The van der Waals surface area contributed by atoms with E-state index in [1.807, 2.05) is 24.3 Å². The Morgan fingerprint density at radius 2 is 1.96 bits per heavy atom. The Labute approximate surface area is 143 Å². The highest BCUT2D eigenvalue weighted by Crippen LogP contribution is 2.36. The molecule has 1 saturated carbocycles. The topological polar surface area (TPSA) is 46.9 Å². The minimum Gasteiger partial charge on any atom is -0.323 e. The molecule has 0 atom stereocenters. The van der Waals surface area contributed by atoms with Crippen molar-refractivity contribution in [1.82, 2.24) is 9.78 Å². The number of halogens is 3. The third kappa shape index (κ3) is 4.32. The van der Waals surface area contributed by atoms with Gasteiger partial charge in [-0.05, 0) is 30.5 Å². The molecule has 7 heteroatoms. The van der Waals surface area contributed by atoms with Crippen LogP contribution in [0.3, 0.4) is 0 Å². The molecule has 0 spiro atoms. The van der Waals surface area contributed by atoms with Crippen LogP contribution in [-0.2, 0) is 11.3 Å². The van der Waals surface area contributed by atoms with Gasteiger partial charge in [-0.1, -0.05) is 23.7 Å². The number of alkyl halides is 2. The number of hydrogen-bond acceptors (Lipinski definition) is 2. The maximum absolute atomic E-state index is 13.2. The first kappa shape index (κ1) is 16.9. The summed E-state index contributed by atoms with van der Waals surface area (Å²) in [6, 6.07) is 7.43. The standard InChI is InChI=1S/C17H18ClF2N3O/c18-14-3-1-12(2-4-14)10-23-11-15(9-21-23)22-16(24)13-5-7-17(19,20)8-6-13/h1-4,9,11,13H,5-8,10H2,(H,22,24). The lowest BCUT2D eigenvalue weighted by molar-refractivity contribution is -0.124. The summed E-state index contributed by atoms with van der Waals surface area (Å²) in [5, 5.41) is 7.64. The molecule has 1 fully saturated rings. The van der Waals surface area contributed by atoms with Gasteiger partial charge in [0, 0.05) is 30.0 Å². The van der Waals surface area contributed by atoms with Crippen molar-refractivity contribution >= 4 is 23.2 Å². The zero-order valence-electron chi connectivity index (χ0n) is 13.0. The van der Waals surface area contributed by atoms with Crippen LogP contribution >= 0.6 is 11.6 Å². The first-order valence-electron chi connectivity index (χ1n) is 7.87. The maximum Gasteiger partial charge on any atom is 0.248 e. The van der Waals surface area contributed by atoms with Crippen LogP contribution in [0.1, 0.15) is 31.2 Å². The van der Waals surface area contributed by atoms with Gasteiger partial charge < -0.3 is 5.32 Å². The minimum absolute atomic E-state index is 0.212. The number of benzene rings is 1. The van der Waals surface area contributed by atoms with Crippen LogP contribution in [0.4, 0.5) is 14.5 Å². The third-order valence-corrected chi connectivity index (χ3v) is 4.50. The van der Waals surface area contributed by atoms with Crippen molar-refractivity contribution < 1.29 is 13.6 Å². The summed E-state index contributed by atoms with van der Waals surface area (Å²) in [5.41, 5.74) is 1.61. The molecule has 1 aromatic heterocycles. The number of nitrogens with one attached hydrogen (secondary N) is 1. The van der Waals surface area contributed by atoms with Crippen molar-refractivity contribution in [2.24, 2.45) is 5.92 Å². The third-order valence-electron chi connectivity index (χ3n) is 4.25. The highest BCUT2D eigenvalue weighted by atomic mass is 35.5. The minimum atomic E-state index is -2.62. The highest BCUT2D eigenvalue weighted by Gasteiger charge is 2.37. The van der Waals surface area contributed by atoms with E-state index in [-0.39, 0.29) is 37.5 Å². The van der Waals surface area contributed by atoms with Crippen LogP contribution < -0.4 is 5.32 Å². The average molecular weight is 354 g/mol. The smallest absolute Gasteiger partial charge is 0.248 e. The summed E-state index contributed by atoms with van der Waals surface area (Å²) in [6.45, 7) is 0.558. The van der Waals surface area contributed by atoms with E-state index in [9.17, 15) is 13.6 Å². The normalized spacial score (nSPS) is 17.6. The molecule has 0 aliphatic heterocycles. The van der Waals surface area contributed by atoms with Gasteiger partial charge in [0.25, 0.3) is 0 Å². The number of hydrogen-bond donors (Lipinski definition) is 1. The molecule has 24 heavy (non-hydrogen) atoms. The van der Waals surface area contributed by atoms with Gasteiger partial charge in [-0.15, -0.1) is 0 Å². The summed E-state index contributed by atoms with van der Waals surface area (Å²) < 4.78 is 28.0. The quantitative estimate of drug-likeness (QED) is 0.888. The van der Waals surface area contributed by atoms with E-state index in [1.54, 1.807) is 17.1 Å². The number of rotatable bonds is 4. The largest absolute Gasteiger partial charge is 0.323 e. The predicted octanol–water partition coefficient (Wildman–Crippen LogP) is 4.35. The van der Waals surface area contributed by atoms with Gasteiger partial charge in [-0.25, -0.2) is 8.78 Å². The molecule has 1 aliphatic carbocycles. The second kappa shape index (κ2) is 6.89. The summed E-state index contributed by atoms with van der Waals surface area (Å²) in [4.78, 5) is 12.2. The molecule has 1 aliphatic rings. The van der Waals surface area contributed by atoms with E-state index in [4.69, 9.17) is 11.6 Å². The Hall–Kier alpha value is -1.95. The molecule has 1 aromatic carbocycles.